The maximum absolute atomic E-state index is 10.6. The summed E-state index contributed by atoms with van der Waals surface area (Å²) in [6.45, 7) is 14.0. The van der Waals surface area contributed by atoms with E-state index in [2.05, 4.69) is 42.7 Å². The van der Waals surface area contributed by atoms with Crippen LogP contribution < -0.4 is 9.47 Å². The molecule has 2 heterocycles. The number of aliphatic hydroxyl groups is 1. The summed E-state index contributed by atoms with van der Waals surface area (Å²) in [6.07, 6.45) is 4.62. The molecule has 2 saturated carbocycles. The van der Waals surface area contributed by atoms with Crippen LogP contribution in [0.4, 0.5) is 0 Å². The van der Waals surface area contributed by atoms with Crippen molar-refractivity contribution in [3.8, 4) is 11.5 Å². The highest BCUT2D eigenvalue weighted by molar-refractivity contribution is 5.44. The number of nitrogens with zero attached hydrogens (tertiary/aromatic N) is 2. The number of hydrogen-bond acceptors (Lipinski definition) is 6. The fraction of sp³-hybridized carbons (Fsp3) is 0.769. The Morgan fingerprint density at radius 2 is 1.84 bits per heavy atom. The van der Waals surface area contributed by atoms with Crippen LogP contribution in [-0.2, 0) is 11.3 Å². The standard InChI is InChI=1S/C26H40N2O4/c1-25(2)20-6-8-26(25,3)24(15-20)30-13-7-21(29)17-28-11-9-27(10-12-28)16-19-4-5-22-23(14-19)32-18-31-22/h4-5,14,20-21,24,29H,6-13,15-18H2,1-3H3/t20-,21-,24+,26-/m0/s1. The zero-order valence-electron chi connectivity index (χ0n) is 20.0. The lowest BCUT2D eigenvalue weighted by atomic mass is 9.70. The summed E-state index contributed by atoms with van der Waals surface area (Å²) >= 11 is 0. The van der Waals surface area contributed by atoms with Gasteiger partial charge in [0.1, 0.15) is 0 Å². The van der Waals surface area contributed by atoms with E-state index in [-0.39, 0.29) is 6.10 Å². The molecule has 0 spiro atoms. The molecule has 2 aliphatic carbocycles. The van der Waals surface area contributed by atoms with E-state index in [1.807, 2.05) is 6.07 Å². The third kappa shape index (κ3) is 4.15. The summed E-state index contributed by atoms with van der Waals surface area (Å²) in [5.41, 5.74) is 1.95. The monoisotopic (exact) mass is 444 g/mol. The van der Waals surface area contributed by atoms with Crippen LogP contribution in [0.25, 0.3) is 0 Å². The Morgan fingerprint density at radius 1 is 1.09 bits per heavy atom. The Labute approximate surface area is 192 Å². The van der Waals surface area contributed by atoms with E-state index in [4.69, 9.17) is 14.2 Å². The zero-order chi connectivity index (χ0) is 22.3. The Hall–Kier alpha value is -1.34. The molecule has 6 nitrogen and oxygen atoms in total. The Morgan fingerprint density at radius 3 is 2.56 bits per heavy atom. The summed E-state index contributed by atoms with van der Waals surface area (Å²) in [6, 6.07) is 6.22. The highest BCUT2D eigenvalue weighted by Crippen LogP contribution is 2.66. The van der Waals surface area contributed by atoms with E-state index >= 15 is 0 Å². The Bertz CT molecular complexity index is 807. The Kier molecular flexibility index (Phi) is 6.16. The number of aliphatic hydroxyl groups excluding tert-OH is 1. The molecule has 0 radical (unpaired) electrons. The molecule has 1 saturated heterocycles. The first kappa shape index (κ1) is 22.5. The first-order chi connectivity index (χ1) is 15.3. The predicted molar refractivity (Wildman–Crippen MR) is 124 cm³/mol. The van der Waals surface area contributed by atoms with Crippen LogP contribution in [0.5, 0.6) is 11.5 Å². The van der Waals surface area contributed by atoms with Gasteiger partial charge in [-0.1, -0.05) is 26.8 Å². The lowest BCUT2D eigenvalue weighted by molar-refractivity contribution is -0.0570. The topological polar surface area (TPSA) is 54.4 Å². The molecule has 1 aromatic rings. The molecule has 2 bridgehead atoms. The molecule has 1 N–H and O–H groups in total. The molecule has 0 amide bonds. The molecule has 32 heavy (non-hydrogen) atoms. The van der Waals surface area contributed by atoms with Gasteiger partial charge in [0, 0.05) is 45.9 Å². The van der Waals surface area contributed by atoms with Crippen molar-refractivity contribution in [1.29, 1.82) is 0 Å². The van der Waals surface area contributed by atoms with Crippen molar-refractivity contribution in [2.24, 2.45) is 16.7 Å². The molecule has 0 aromatic heterocycles. The highest BCUT2D eigenvalue weighted by Gasteiger charge is 2.61. The van der Waals surface area contributed by atoms with Crippen molar-refractivity contribution >= 4 is 0 Å². The van der Waals surface area contributed by atoms with Gasteiger partial charge in [-0.3, -0.25) is 9.80 Å². The molecule has 0 unspecified atom stereocenters. The third-order valence-corrected chi connectivity index (χ3v) is 9.26. The van der Waals surface area contributed by atoms with E-state index in [9.17, 15) is 5.11 Å². The van der Waals surface area contributed by atoms with Crippen molar-refractivity contribution in [3.63, 3.8) is 0 Å². The maximum Gasteiger partial charge on any atom is 0.231 e. The third-order valence-electron chi connectivity index (χ3n) is 9.26. The second-order valence-corrected chi connectivity index (χ2v) is 11.2. The van der Waals surface area contributed by atoms with Gasteiger partial charge in [0.05, 0.1) is 12.2 Å². The number of piperazine rings is 1. The molecule has 3 fully saturated rings. The van der Waals surface area contributed by atoms with Crippen molar-refractivity contribution in [1.82, 2.24) is 9.80 Å². The van der Waals surface area contributed by atoms with E-state index in [1.54, 1.807) is 0 Å². The van der Waals surface area contributed by atoms with Crippen LogP contribution in [0.15, 0.2) is 18.2 Å². The molecule has 178 valence electrons. The van der Waals surface area contributed by atoms with Gasteiger partial charge < -0.3 is 19.3 Å². The average molecular weight is 445 g/mol. The lowest BCUT2D eigenvalue weighted by Gasteiger charge is -2.39. The lowest BCUT2D eigenvalue weighted by Crippen LogP contribution is -2.48. The number of ether oxygens (including phenoxy) is 3. The number of hydrogen-bond donors (Lipinski definition) is 1. The minimum absolute atomic E-state index is 0.303. The minimum atomic E-state index is -0.310. The van der Waals surface area contributed by atoms with Gasteiger partial charge in [0.2, 0.25) is 6.79 Å². The van der Waals surface area contributed by atoms with Crippen LogP contribution in [0, 0.1) is 16.7 Å². The van der Waals surface area contributed by atoms with Gasteiger partial charge in [-0.2, -0.15) is 0 Å². The molecule has 2 aliphatic heterocycles. The summed E-state index contributed by atoms with van der Waals surface area (Å²) in [7, 11) is 0. The van der Waals surface area contributed by atoms with Gasteiger partial charge in [-0.15, -0.1) is 0 Å². The van der Waals surface area contributed by atoms with Crippen molar-refractivity contribution in [2.75, 3.05) is 46.1 Å². The molecule has 6 heteroatoms. The summed E-state index contributed by atoms with van der Waals surface area (Å²) < 4.78 is 17.2. The van der Waals surface area contributed by atoms with Crippen molar-refractivity contribution in [3.05, 3.63) is 23.8 Å². The highest BCUT2D eigenvalue weighted by atomic mass is 16.7. The summed E-state index contributed by atoms with van der Waals surface area (Å²) in [4.78, 5) is 4.86. The van der Waals surface area contributed by atoms with Gasteiger partial charge >= 0.3 is 0 Å². The summed E-state index contributed by atoms with van der Waals surface area (Å²) in [5, 5.41) is 10.6. The molecule has 4 aliphatic rings. The number of β-amino-alcohol motifs (C(OH)–C–C–N with tert-alkyl or cyclic N) is 1. The smallest absolute Gasteiger partial charge is 0.231 e. The van der Waals surface area contributed by atoms with Gasteiger partial charge in [0.15, 0.2) is 11.5 Å². The zero-order valence-corrected chi connectivity index (χ0v) is 20.0. The molecular weight excluding hydrogens is 404 g/mol. The van der Waals surface area contributed by atoms with Gasteiger partial charge in [0.25, 0.3) is 0 Å². The van der Waals surface area contributed by atoms with E-state index < -0.39 is 0 Å². The minimum Gasteiger partial charge on any atom is -0.454 e. The largest absolute Gasteiger partial charge is 0.454 e. The van der Waals surface area contributed by atoms with Crippen molar-refractivity contribution in [2.45, 2.75) is 65.2 Å². The van der Waals surface area contributed by atoms with Crippen LogP contribution >= 0.6 is 0 Å². The molecule has 5 rings (SSSR count). The first-order valence-electron chi connectivity index (χ1n) is 12.5. The normalized spacial score (nSPS) is 32.5. The fourth-order valence-electron chi connectivity index (χ4n) is 6.55. The molecule has 4 atom stereocenters. The average Bonchev–Trinajstić information content (AvgIpc) is 3.37. The van der Waals surface area contributed by atoms with E-state index in [0.29, 0.717) is 30.3 Å². The fourth-order valence-corrected chi connectivity index (χ4v) is 6.55. The molecular formula is C26H40N2O4. The van der Waals surface area contributed by atoms with Gasteiger partial charge in [-0.05, 0) is 60.1 Å². The van der Waals surface area contributed by atoms with Crippen LogP contribution in [0.1, 0.15) is 52.0 Å². The maximum atomic E-state index is 10.6. The number of fused-ring (bicyclic) bond motifs is 3. The van der Waals surface area contributed by atoms with Crippen LogP contribution in [0.2, 0.25) is 0 Å². The van der Waals surface area contributed by atoms with Crippen molar-refractivity contribution < 1.29 is 19.3 Å². The summed E-state index contributed by atoms with van der Waals surface area (Å²) in [5.74, 6) is 2.50. The quantitative estimate of drug-likeness (QED) is 0.662. The van der Waals surface area contributed by atoms with Crippen LogP contribution in [-0.4, -0.2) is 73.2 Å². The Balaban J connectivity index is 1.01. The second kappa shape index (κ2) is 8.79. The SMILES string of the molecule is CC1(C)[C@H]2CC[C@@]1(C)[C@H](OCC[C@H](O)CN1CCN(Cc3ccc4c(c3)OCO4)CC1)C2. The second-order valence-electron chi connectivity index (χ2n) is 11.2. The first-order valence-corrected chi connectivity index (χ1v) is 12.5. The number of rotatable bonds is 8. The van der Waals surface area contributed by atoms with Crippen LogP contribution in [0.3, 0.4) is 0 Å². The predicted octanol–water partition coefficient (Wildman–Crippen LogP) is 3.52. The van der Waals surface area contributed by atoms with E-state index in [1.165, 1.54) is 24.8 Å². The van der Waals surface area contributed by atoms with E-state index in [0.717, 1.165) is 63.1 Å². The number of benzene rings is 1. The van der Waals surface area contributed by atoms with Gasteiger partial charge in [-0.25, -0.2) is 0 Å². The molecule has 1 aromatic carbocycles.